The monoisotopic (exact) mass is 419 g/mol. The number of esters is 1. The fourth-order valence-corrected chi connectivity index (χ4v) is 3.14. The van der Waals surface area contributed by atoms with Gasteiger partial charge in [0, 0.05) is 18.5 Å². The molecule has 0 bridgehead atoms. The first-order valence-electron chi connectivity index (χ1n) is 10.1. The summed E-state index contributed by atoms with van der Waals surface area (Å²) in [6.45, 7) is 10.7. The minimum Gasteiger partial charge on any atom is -0.458 e. The van der Waals surface area contributed by atoms with E-state index in [0.717, 1.165) is 0 Å². The van der Waals surface area contributed by atoms with Crippen molar-refractivity contribution >= 4 is 23.7 Å². The molecule has 1 N–H and O–H groups in total. The van der Waals surface area contributed by atoms with Crippen LogP contribution in [0.2, 0.25) is 0 Å². The second-order valence-electron chi connectivity index (χ2n) is 9.32. The molecular formula is C22H31N2O6. The molecule has 165 valence electrons. The van der Waals surface area contributed by atoms with E-state index in [1.165, 1.54) is 6.07 Å². The quantitative estimate of drug-likeness (QED) is 0.732. The number of hydrogen-bond acceptors (Lipinski definition) is 5. The molecule has 1 atom stereocenters. The standard InChI is InChI=1S/C22H31N2O6/c1-21(2,3)29-19(27)15(23-20(28)30-22(4,5)6)10-11-18(26)24-13-12-14-16(24)8-7-9-17(14)25/h7-9,15H,10-13H2,1-6H3,(H,23,28)/t15-/m0/s1. The molecule has 0 saturated heterocycles. The molecule has 0 unspecified atom stereocenters. The van der Waals surface area contributed by atoms with E-state index < -0.39 is 29.3 Å². The number of amides is 2. The summed E-state index contributed by atoms with van der Waals surface area (Å²) >= 11 is 0. The fourth-order valence-electron chi connectivity index (χ4n) is 3.14. The lowest BCUT2D eigenvalue weighted by Gasteiger charge is -2.26. The van der Waals surface area contributed by atoms with Crippen LogP contribution >= 0.6 is 0 Å². The van der Waals surface area contributed by atoms with Gasteiger partial charge in [-0.1, -0.05) is 6.07 Å². The number of alkyl carbamates (subject to hydrolysis) is 1. The molecule has 1 aliphatic rings. The van der Waals surface area contributed by atoms with Gasteiger partial charge < -0.3 is 19.7 Å². The second-order valence-corrected chi connectivity index (χ2v) is 9.32. The smallest absolute Gasteiger partial charge is 0.408 e. The largest absolute Gasteiger partial charge is 0.458 e. The van der Waals surface area contributed by atoms with Crippen molar-refractivity contribution in [3.8, 4) is 5.75 Å². The first-order chi connectivity index (χ1) is 13.8. The van der Waals surface area contributed by atoms with Crippen LogP contribution in [0.25, 0.3) is 0 Å². The second kappa shape index (κ2) is 8.93. The number of hydrogen-bond donors (Lipinski definition) is 1. The molecule has 1 radical (unpaired) electrons. The number of nitrogens with one attached hydrogen (secondary N) is 1. The van der Waals surface area contributed by atoms with Crippen LogP contribution in [0, 0.1) is 0 Å². The Morgan fingerprint density at radius 1 is 1.07 bits per heavy atom. The van der Waals surface area contributed by atoms with Gasteiger partial charge in [-0.05, 0) is 66.5 Å². The lowest BCUT2D eigenvalue weighted by molar-refractivity contribution is -0.157. The van der Waals surface area contributed by atoms with Crippen molar-refractivity contribution in [1.82, 2.24) is 5.32 Å². The average molecular weight is 419 g/mol. The SMILES string of the molecule is CC(C)(C)OC(=O)N[C@@H](CCC(=O)N1CCc2c([O])cccc21)C(=O)OC(C)(C)C. The molecule has 1 heterocycles. The first kappa shape index (κ1) is 23.5. The Bertz CT molecular complexity index is 807. The minimum atomic E-state index is -1.03. The maximum absolute atomic E-state index is 12.8. The van der Waals surface area contributed by atoms with Crippen molar-refractivity contribution in [2.24, 2.45) is 0 Å². The number of nitrogens with zero attached hydrogens (tertiary/aromatic N) is 1. The molecule has 0 fully saturated rings. The van der Waals surface area contributed by atoms with Crippen molar-refractivity contribution in [2.45, 2.75) is 78.0 Å². The molecule has 1 aromatic carbocycles. The molecular weight excluding hydrogens is 388 g/mol. The highest BCUT2D eigenvalue weighted by molar-refractivity contribution is 5.96. The van der Waals surface area contributed by atoms with Gasteiger partial charge >= 0.3 is 12.1 Å². The zero-order valence-corrected chi connectivity index (χ0v) is 18.5. The summed E-state index contributed by atoms with van der Waals surface area (Å²) in [5.41, 5.74) is -0.232. The maximum Gasteiger partial charge on any atom is 0.408 e. The van der Waals surface area contributed by atoms with Crippen LogP contribution in [0.1, 0.15) is 59.9 Å². The number of ether oxygens (including phenoxy) is 2. The molecule has 0 aromatic heterocycles. The summed E-state index contributed by atoms with van der Waals surface area (Å²) < 4.78 is 10.6. The number of carbonyl (C=O) groups is 3. The summed E-state index contributed by atoms with van der Waals surface area (Å²) in [6, 6.07) is 3.82. The predicted molar refractivity (Wildman–Crippen MR) is 111 cm³/mol. The van der Waals surface area contributed by atoms with Gasteiger partial charge in [0.2, 0.25) is 5.91 Å². The lowest BCUT2D eigenvalue weighted by Crippen LogP contribution is -2.46. The first-order valence-corrected chi connectivity index (χ1v) is 10.1. The molecule has 30 heavy (non-hydrogen) atoms. The summed E-state index contributed by atoms with van der Waals surface area (Å²) in [4.78, 5) is 39.1. The molecule has 2 amide bonds. The maximum atomic E-state index is 12.8. The molecule has 1 aliphatic heterocycles. The van der Waals surface area contributed by atoms with E-state index in [4.69, 9.17) is 9.47 Å². The van der Waals surface area contributed by atoms with E-state index in [9.17, 15) is 19.5 Å². The van der Waals surface area contributed by atoms with Gasteiger partial charge in [0.1, 0.15) is 17.2 Å². The van der Waals surface area contributed by atoms with E-state index in [1.807, 2.05) is 0 Å². The van der Waals surface area contributed by atoms with Crippen LogP contribution in [0.3, 0.4) is 0 Å². The van der Waals surface area contributed by atoms with E-state index >= 15 is 0 Å². The fraction of sp³-hybridized carbons (Fsp3) is 0.591. The van der Waals surface area contributed by atoms with Crippen molar-refractivity contribution in [2.75, 3.05) is 11.4 Å². The van der Waals surface area contributed by atoms with Crippen molar-refractivity contribution in [1.29, 1.82) is 0 Å². The summed E-state index contributed by atoms with van der Waals surface area (Å²) in [7, 11) is 0. The minimum absolute atomic E-state index is 0.00221. The molecule has 8 heteroatoms. The molecule has 0 spiro atoms. The predicted octanol–water partition coefficient (Wildman–Crippen LogP) is 3.73. The molecule has 0 aliphatic carbocycles. The highest BCUT2D eigenvalue weighted by Gasteiger charge is 2.31. The molecule has 1 aromatic rings. The number of rotatable bonds is 5. The van der Waals surface area contributed by atoms with Crippen LogP contribution in [0.4, 0.5) is 10.5 Å². The number of anilines is 1. The Hall–Kier alpha value is -2.77. The Morgan fingerprint density at radius 3 is 2.30 bits per heavy atom. The van der Waals surface area contributed by atoms with E-state index in [-0.39, 0.29) is 24.5 Å². The lowest BCUT2D eigenvalue weighted by atomic mass is 10.1. The van der Waals surface area contributed by atoms with Crippen molar-refractivity contribution < 1.29 is 29.0 Å². The Balaban J connectivity index is 2.07. The molecule has 8 nitrogen and oxygen atoms in total. The zero-order valence-electron chi connectivity index (χ0n) is 18.5. The number of fused-ring (bicyclic) bond motifs is 1. The van der Waals surface area contributed by atoms with Crippen LogP contribution in [-0.2, 0) is 30.6 Å². The van der Waals surface area contributed by atoms with Gasteiger partial charge in [-0.25, -0.2) is 9.59 Å². The van der Waals surface area contributed by atoms with Crippen LogP contribution in [0.5, 0.6) is 5.75 Å². The Kier molecular flexibility index (Phi) is 7.00. The summed E-state index contributed by atoms with van der Waals surface area (Å²) in [6.07, 6.45) is -0.196. The van der Waals surface area contributed by atoms with E-state index in [1.54, 1.807) is 58.6 Å². The third-order valence-electron chi connectivity index (χ3n) is 4.31. The van der Waals surface area contributed by atoms with Crippen LogP contribution in [0.15, 0.2) is 18.2 Å². The number of benzene rings is 1. The summed E-state index contributed by atoms with van der Waals surface area (Å²) in [5, 5.41) is 14.5. The van der Waals surface area contributed by atoms with Crippen LogP contribution in [-0.4, -0.2) is 41.8 Å². The van der Waals surface area contributed by atoms with Gasteiger partial charge in [0.15, 0.2) is 5.75 Å². The van der Waals surface area contributed by atoms with Crippen molar-refractivity contribution in [3.63, 3.8) is 0 Å². The van der Waals surface area contributed by atoms with Gasteiger partial charge in [-0.2, -0.15) is 0 Å². The third kappa shape index (κ3) is 6.64. The Labute approximate surface area is 177 Å². The van der Waals surface area contributed by atoms with Gasteiger partial charge in [0.25, 0.3) is 0 Å². The van der Waals surface area contributed by atoms with Crippen molar-refractivity contribution in [3.05, 3.63) is 23.8 Å². The normalized spacial score (nSPS) is 14.7. The average Bonchev–Trinajstić information content (AvgIpc) is 3.00. The van der Waals surface area contributed by atoms with Gasteiger partial charge in [0.05, 0.1) is 5.69 Å². The summed E-state index contributed by atoms with van der Waals surface area (Å²) in [5.74, 6) is -0.940. The molecule has 2 rings (SSSR count). The van der Waals surface area contributed by atoms with Crippen LogP contribution < -0.4 is 10.2 Å². The highest BCUT2D eigenvalue weighted by atomic mass is 16.6. The van der Waals surface area contributed by atoms with Gasteiger partial charge in [-0.3, -0.25) is 9.90 Å². The Morgan fingerprint density at radius 2 is 1.70 bits per heavy atom. The number of carbonyl (C=O) groups excluding carboxylic acids is 3. The molecule has 0 saturated carbocycles. The highest BCUT2D eigenvalue weighted by Crippen LogP contribution is 2.35. The topological polar surface area (TPSA) is 105 Å². The zero-order chi connectivity index (χ0) is 22.7. The third-order valence-corrected chi connectivity index (χ3v) is 4.31. The van der Waals surface area contributed by atoms with E-state index in [2.05, 4.69) is 5.32 Å². The van der Waals surface area contributed by atoms with Gasteiger partial charge in [-0.15, -0.1) is 0 Å². The van der Waals surface area contributed by atoms with E-state index in [0.29, 0.717) is 24.2 Å².